The molecule has 0 saturated carbocycles. The van der Waals surface area contributed by atoms with Crippen LogP contribution >= 0.6 is 0 Å². The van der Waals surface area contributed by atoms with Gasteiger partial charge in [-0.2, -0.15) is 0 Å². The van der Waals surface area contributed by atoms with E-state index in [0.717, 1.165) is 11.0 Å². The number of carbonyl (C=O) groups excluding carboxylic acids is 2. The van der Waals surface area contributed by atoms with Crippen LogP contribution in [0, 0.1) is 0 Å². The standard InChI is InChI=1S/C20H22N4O3/c1-14(24-13-21-17-9-4-5-10-18(17)24)20(26)23(2)12-19(25)22-15-7-6-8-16(11-15)27-3/h4-11,13-14H,12H2,1-3H3,(H,22,25). The number of fused-ring (bicyclic) bond motifs is 1. The number of hydrogen-bond acceptors (Lipinski definition) is 4. The summed E-state index contributed by atoms with van der Waals surface area (Å²) >= 11 is 0. The summed E-state index contributed by atoms with van der Waals surface area (Å²) in [6.45, 7) is 1.75. The van der Waals surface area contributed by atoms with Crippen LogP contribution in [-0.2, 0) is 9.59 Å². The number of amides is 2. The fourth-order valence-corrected chi connectivity index (χ4v) is 2.92. The second-order valence-electron chi connectivity index (χ2n) is 6.29. The van der Waals surface area contributed by atoms with Crippen LogP contribution in [0.2, 0.25) is 0 Å². The molecule has 27 heavy (non-hydrogen) atoms. The molecule has 3 rings (SSSR count). The second kappa shape index (κ2) is 7.90. The molecule has 3 aromatic rings. The Morgan fingerprint density at radius 3 is 2.78 bits per heavy atom. The summed E-state index contributed by atoms with van der Waals surface area (Å²) < 4.78 is 6.95. The Hall–Kier alpha value is -3.35. The van der Waals surface area contributed by atoms with Crippen LogP contribution in [0.25, 0.3) is 11.0 Å². The average molecular weight is 366 g/mol. The van der Waals surface area contributed by atoms with E-state index < -0.39 is 6.04 Å². The zero-order valence-corrected chi connectivity index (χ0v) is 15.5. The van der Waals surface area contributed by atoms with Crippen molar-refractivity contribution in [3.63, 3.8) is 0 Å². The van der Waals surface area contributed by atoms with Crippen molar-refractivity contribution in [2.75, 3.05) is 26.0 Å². The summed E-state index contributed by atoms with van der Waals surface area (Å²) in [5.41, 5.74) is 2.33. The lowest BCUT2D eigenvalue weighted by Gasteiger charge is -2.22. The number of para-hydroxylation sites is 2. The highest BCUT2D eigenvalue weighted by atomic mass is 16.5. The van der Waals surface area contributed by atoms with Crippen LogP contribution in [0.3, 0.4) is 0 Å². The van der Waals surface area contributed by atoms with E-state index in [0.29, 0.717) is 11.4 Å². The number of carbonyl (C=O) groups is 2. The van der Waals surface area contributed by atoms with Crippen LogP contribution < -0.4 is 10.1 Å². The molecule has 2 aromatic carbocycles. The van der Waals surface area contributed by atoms with E-state index >= 15 is 0 Å². The van der Waals surface area contributed by atoms with Crippen LogP contribution in [0.5, 0.6) is 5.75 Å². The lowest BCUT2D eigenvalue weighted by Crippen LogP contribution is -2.38. The maximum Gasteiger partial charge on any atom is 0.245 e. The predicted molar refractivity (Wildman–Crippen MR) is 104 cm³/mol. The van der Waals surface area contributed by atoms with Crippen LogP contribution in [0.4, 0.5) is 5.69 Å². The molecule has 140 valence electrons. The monoisotopic (exact) mass is 366 g/mol. The maximum absolute atomic E-state index is 12.8. The second-order valence-corrected chi connectivity index (χ2v) is 6.29. The molecule has 1 heterocycles. The third-order valence-electron chi connectivity index (χ3n) is 4.37. The molecule has 1 atom stereocenters. The molecule has 0 aliphatic carbocycles. The molecule has 0 saturated heterocycles. The van der Waals surface area contributed by atoms with E-state index in [1.807, 2.05) is 28.8 Å². The molecule has 1 N–H and O–H groups in total. The first-order chi connectivity index (χ1) is 13.0. The third-order valence-corrected chi connectivity index (χ3v) is 4.37. The number of benzene rings is 2. The fourth-order valence-electron chi connectivity index (χ4n) is 2.92. The molecule has 7 nitrogen and oxygen atoms in total. The molecule has 1 aromatic heterocycles. The van der Waals surface area contributed by atoms with E-state index in [-0.39, 0.29) is 18.4 Å². The summed E-state index contributed by atoms with van der Waals surface area (Å²) in [6, 6.07) is 14.2. The number of likely N-dealkylation sites (N-methyl/N-ethyl adjacent to an activating group) is 1. The quantitative estimate of drug-likeness (QED) is 0.728. The Labute approximate surface area is 157 Å². The molecule has 0 spiro atoms. The van der Waals surface area contributed by atoms with Crippen LogP contribution in [-0.4, -0.2) is 47.0 Å². The number of methoxy groups -OCH3 is 1. The first-order valence-electron chi connectivity index (χ1n) is 8.60. The number of rotatable bonds is 6. The number of aromatic nitrogens is 2. The highest BCUT2D eigenvalue weighted by Crippen LogP contribution is 2.19. The minimum atomic E-state index is -0.466. The van der Waals surface area contributed by atoms with E-state index in [1.54, 1.807) is 51.7 Å². The summed E-state index contributed by atoms with van der Waals surface area (Å²) in [6.07, 6.45) is 1.65. The van der Waals surface area contributed by atoms with E-state index in [9.17, 15) is 9.59 Å². The molecule has 0 aliphatic heterocycles. The highest BCUT2D eigenvalue weighted by molar-refractivity contribution is 5.95. The maximum atomic E-state index is 12.8. The lowest BCUT2D eigenvalue weighted by atomic mass is 10.2. The Balaban J connectivity index is 1.65. The van der Waals surface area contributed by atoms with E-state index in [1.165, 1.54) is 4.90 Å². The van der Waals surface area contributed by atoms with Crippen molar-refractivity contribution >= 4 is 28.5 Å². The number of nitrogens with zero attached hydrogens (tertiary/aromatic N) is 3. The summed E-state index contributed by atoms with van der Waals surface area (Å²) in [7, 11) is 3.18. The predicted octanol–water partition coefficient (Wildman–Crippen LogP) is 2.70. The number of imidazole rings is 1. The normalized spacial score (nSPS) is 11.8. The van der Waals surface area contributed by atoms with Gasteiger partial charge in [0, 0.05) is 18.8 Å². The fraction of sp³-hybridized carbons (Fsp3) is 0.250. The third kappa shape index (κ3) is 4.08. The Kier molecular flexibility index (Phi) is 5.40. The van der Waals surface area contributed by atoms with Crippen molar-refractivity contribution < 1.29 is 14.3 Å². The largest absolute Gasteiger partial charge is 0.497 e. The molecule has 1 unspecified atom stereocenters. The first-order valence-corrected chi connectivity index (χ1v) is 8.60. The van der Waals surface area contributed by atoms with Crippen molar-refractivity contribution in [1.29, 1.82) is 0 Å². The average Bonchev–Trinajstić information content (AvgIpc) is 3.11. The lowest BCUT2D eigenvalue weighted by molar-refractivity contribution is -0.135. The molecule has 0 fully saturated rings. The van der Waals surface area contributed by atoms with Gasteiger partial charge >= 0.3 is 0 Å². The van der Waals surface area contributed by atoms with Gasteiger partial charge in [-0.25, -0.2) is 4.98 Å². The van der Waals surface area contributed by atoms with Crippen molar-refractivity contribution in [3.8, 4) is 5.75 Å². The number of anilines is 1. The SMILES string of the molecule is COc1cccc(NC(=O)CN(C)C(=O)C(C)n2cnc3ccccc32)c1. The topological polar surface area (TPSA) is 76.5 Å². The number of ether oxygens (including phenoxy) is 1. The minimum Gasteiger partial charge on any atom is -0.497 e. The van der Waals surface area contributed by atoms with Gasteiger partial charge in [0.1, 0.15) is 11.8 Å². The first kappa shape index (κ1) is 18.4. The summed E-state index contributed by atoms with van der Waals surface area (Å²) in [4.78, 5) is 30.8. The number of hydrogen-bond donors (Lipinski definition) is 1. The smallest absolute Gasteiger partial charge is 0.245 e. The Morgan fingerprint density at radius 2 is 2.00 bits per heavy atom. The molecule has 0 radical (unpaired) electrons. The molecule has 2 amide bonds. The van der Waals surface area contributed by atoms with E-state index in [2.05, 4.69) is 10.3 Å². The van der Waals surface area contributed by atoms with Gasteiger partial charge in [-0.3, -0.25) is 9.59 Å². The van der Waals surface area contributed by atoms with Crippen molar-refractivity contribution in [1.82, 2.24) is 14.5 Å². The molecular formula is C20H22N4O3. The zero-order chi connectivity index (χ0) is 19.4. The van der Waals surface area contributed by atoms with E-state index in [4.69, 9.17) is 4.74 Å². The van der Waals surface area contributed by atoms with Gasteiger partial charge < -0.3 is 19.5 Å². The highest BCUT2D eigenvalue weighted by Gasteiger charge is 2.22. The molecular weight excluding hydrogens is 344 g/mol. The number of nitrogens with one attached hydrogen (secondary N) is 1. The van der Waals surface area contributed by atoms with Crippen molar-refractivity contribution in [2.24, 2.45) is 0 Å². The summed E-state index contributed by atoms with van der Waals surface area (Å²) in [5, 5.41) is 2.77. The minimum absolute atomic E-state index is 0.0486. The van der Waals surface area contributed by atoms with Crippen molar-refractivity contribution in [3.05, 3.63) is 54.9 Å². The van der Waals surface area contributed by atoms with Gasteiger partial charge in [0.2, 0.25) is 11.8 Å². The zero-order valence-electron chi connectivity index (χ0n) is 15.5. The molecule has 0 bridgehead atoms. The van der Waals surface area contributed by atoms with Crippen LogP contribution in [0.1, 0.15) is 13.0 Å². The van der Waals surface area contributed by atoms with Gasteiger partial charge in [-0.05, 0) is 31.2 Å². The van der Waals surface area contributed by atoms with Gasteiger partial charge in [-0.1, -0.05) is 18.2 Å². The molecule has 0 aliphatic rings. The Morgan fingerprint density at radius 1 is 1.22 bits per heavy atom. The van der Waals surface area contributed by atoms with Crippen LogP contribution in [0.15, 0.2) is 54.9 Å². The summed E-state index contributed by atoms with van der Waals surface area (Å²) in [5.74, 6) is 0.207. The van der Waals surface area contributed by atoms with Gasteiger partial charge in [-0.15, -0.1) is 0 Å². The van der Waals surface area contributed by atoms with Gasteiger partial charge in [0.15, 0.2) is 0 Å². The van der Waals surface area contributed by atoms with Crippen molar-refractivity contribution in [2.45, 2.75) is 13.0 Å². The van der Waals surface area contributed by atoms with Gasteiger partial charge in [0.25, 0.3) is 0 Å². The molecule has 7 heteroatoms. The van der Waals surface area contributed by atoms with Gasteiger partial charge in [0.05, 0.1) is 31.0 Å². The Bertz CT molecular complexity index is 967.